The highest BCUT2D eigenvalue weighted by Crippen LogP contribution is 2.07. The normalized spacial score (nSPS) is 13.1. The molecule has 0 aliphatic heterocycles. The molecule has 2 rings (SSSR count). The third kappa shape index (κ3) is 2.11. The molecule has 1 aromatic rings. The molecule has 0 heterocycles. The average molecular weight is 169 g/mol. The van der Waals surface area contributed by atoms with Crippen molar-refractivity contribution in [3.05, 3.63) is 59.9 Å². The van der Waals surface area contributed by atoms with Gasteiger partial charge in [-0.3, -0.25) is 0 Å². The summed E-state index contributed by atoms with van der Waals surface area (Å²) >= 11 is 0. The van der Waals surface area contributed by atoms with Gasteiger partial charge in [-0.2, -0.15) is 0 Å². The summed E-state index contributed by atoms with van der Waals surface area (Å²) in [6.45, 7) is 0.844. The van der Waals surface area contributed by atoms with Gasteiger partial charge >= 0.3 is 0 Å². The summed E-state index contributed by atoms with van der Waals surface area (Å²) in [4.78, 5) is 0. The average Bonchev–Trinajstić information content (AvgIpc) is 2.69. The number of benzene rings is 1. The van der Waals surface area contributed by atoms with Crippen molar-refractivity contribution >= 4 is 5.69 Å². The Balaban J connectivity index is 1.94. The first kappa shape index (κ1) is 7.90. The summed E-state index contributed by atoms with van der Waals surface area (Å²) in [5.41, 5.74) is 5.49. The van der Waals surface area contributed by atoms with E-state index >= 15 is 0 Å². The molecule has 0 radical (unpaired) electrons. The zero-order valence-corrected chi connectivity index (χ0v) is 7.33. The summed E-state index contributed by atoms with van der Waals surface area (Å²) in [5.74, 6) is 0. The minimum atomic E-state index is 0.844. The lowest BCUT2D eigenvalue weighted by atomic mass is 10.2. The van der Waals surface area contributed by atoms with Gasteiger partial charge in [0.05, 0.1) is 0 Å². The van der Waals surface area contributed by atoms with Crippen molar-refractivity contribution in [2.45, 2.75) is 0 Å². The van der Waals surface area contributed by atoms with Crippen molar-refractivity contribution in [3.8, 4) is 0 Å². The topological polar surface area (TPSA) is 12.0 Å². The number of hydrogen-bond donors (Lipinski definition) is 1. The van der Waals surface area contributed by atoms with Crippen molar-refractivity contribution in [2.75, 3.05) is 11.9 Å². The molecule has 1 aliphatic rings. The second kappa shape index (κ2) is 3.79. The zero-order chi connectivity index (χ0) is 8.93. The Bertz CT molecular complexity index is 367. The predicted molar refractivity (Wildman–Crippen MR) is 55.7 cm³/mol. The molecule has 0 fully saturated rings. The van der Waals surface area contributed by atoms with E-state index in [1.165, 1.54) is 5.57 Å². The van der Waals surface area contributed by atoms with Crippen LogP contribution in [-0.4, -0.2) is 6.54 Å². The predicted octanol–water partition coefficient (Wildman–Crippen LogP) is 2.75. The third-order valence-corrected chi connectivity index (χ3v) is 1.92. The van der Waals surface area contributed by atoms with Crippen molar-refractivity contribution in [3.63, 3.8) is 0 Å². The number of nitrogens with one attached hydrogen (secondary N) is 1. The molecule has 13 heavy (non-hydrogen) atoms. The number of para-hydroxylation sites is 1. The molecule has 0 bridgehead atoms. The van der Waals surface area contributed by atoms with Crippen LogP contribution < -0.4 is 5.32 Å². The first-order valence-electron chi connectivity index (χ1n) is 4.36. The summed E-state index contributed by atoms with van der Waals surface area (Å²) in [7, 11) is 0. The van der Waals surface area contributed by atoms with Crippen LogP contribution in [0.1, 0.15) is 0 Å². The van der Waals surface area contributed by atoms with Gasteiger partial charge in [-0.05, 0) is 24.3 Å². The van der Waals surface area contributed by atoms with Gasteiger partial charge in [0.25, 0.3) is 0 Å². The summed E-state index contributed by atoms with van der Waals surface area (Å²) in [5, 5.41) is 3.32. The molecule has 1 N–H and O–H groups in total. The van der Waals surface area contributed by atoms with E-state index in [1.54, 1.807) is 0 Å². The standard InChI is InChI=1S/C12H11N/c1-2-8-12(9-3-1)13-10-11-6-4-5-7-11/h1-6,8-9,13H,10H2. The molecule has 0 spiro atoms. The van der Waals surface area contributed by atoms with Crippen LogP contribution in [0.25, 0.3) is 0 Å². The van der Waals surface area contributed by atoms with Gasteiger partial charge in [-0.1, -0.05) is 24.3 Å². The van der Waals surface area contributed by atoms with Crippen LogP contribution in [0.15, 0.2) is 59.9 Å². The number of allylic oxidation sites excluding steroid dienone is 1. The Kier molecular flexibility index (Phi) is 2.31. The number of rotatable bonds is 3. The smallest absolute Gasteiger partial charge is 0.0473 e. The molecule has 0 unspecified atom stereocenters. The van der Waals surface area contributed by atoms with Crippen molar-refractivity contribution in [2.24, 2.45) is 0 Å². The molecule has 1 aromatic carbocycles. The quantitative estimate of drug-likeness (QED) is 0.686. The van der Waals surface area contributed by atoms with Gasteiger partial charge in [-0.25, -0.2) is 0 Å². The molecular formula is C12H11N. The molecule has 0 amide bonds. The minimum Gasteiger partial charge on any atom is -0.380 e. The maximum absolute atomic E-state index is 3.32. The summed E-state index contributed by atoms with van der Waals surface area (Å²) in [6.07, 6.45) is 6.00. The van der Waals surface area contributed by atoms with Crippen molar-refractivity contribution in [1.82, 2.24) is 0 Å². The number of anilines is 1. The van der Waals surface area contributed by atoms with Gasteiger partial charge in [0.1, 0.15) is 0 Å². The Hall–Kier alpha value is -1.72. The van der Waals surface area contributed by atoms with Crippen LogP contribution in [-0.2, 0) is 0 Å². The SMILES string of the molecule is C1=CC=CC=1CNc1ccccc1. The second-order valence-electron chi connectivity index (χ2n) is 2.91. The molecule has 1 aliphatic carbocycles. The van der Waals surface area contributed by atoms with Gasteiger partial charge < -0.3 is 5.32 Å². The second-order valence-corrected chi connectivity index (χ2v) is 2.91. The Morgan fingerprint density at radius 2 is 2.00 bits per heavy atom. The monoisotopic (exact) mass is 169 g/mol. The Morgan fingerprint density at radius 3 is 2.69 bits per heavy atom. The van der Waals surface area contributed by atoms with E-state index in [0.29, 0.717) is 0 Å². The van der Waals surface area contributed by atoms with Crippen LogP contribution in [0.5, 0.6) is 0 Å². The van der Waals surface area contributed by atoms with E-state index in [2.05, 4.69) is 29.3 Å². The molecule has 1 heteroatoms. The fourth-order valence-corrected chi connectivity index (χ4v) is 1.23. The summed E-state index contributed by atoms with van der Waals surface area (Å²) < 4.78 is 0. The highest BCUT2D eigenvalue weighted by Gasteiger charge is 1.93. The first-order chi connectivity index (χ1) is 6.45. The fraction of sp³-hybridized carbons (Fsp3) is 0.0833. The van der Waals surface area contributed by atoms with Gasteiger partial charge in [0.15, 0.2) is 0 Å². The van der Waals surface area contributed by atoms with E-state index in [-0.39, 0.29) is 0 Å². The van der Waals surface area contributed by atoms with E-state index in [0.717, 1.165) is 12.2 Å². The van der Waals surface area contributed by atoms with Crippen LogP contribution in [0, 0.1) is 0 Å². The molecular weight excluding hydrogens is 158 g/mol. The van der Waals surface area contributed by atoms with Crippen LogP contribution in [0.3, 0.4) is 0 Å². The maximum atomic E-state index is 3.32. The largest absolute Gasteiger partial charge is 0.380 e. The first-order valence-corrected chi connectivity index (χ1v) is 4.36. The van der Waals surface area contributed by atoms with Gasteiger partial charge in [-0.15, -0.1) is 5.73 Å². The lowest BCUT2D eigenvalue weighted by Gasteiger charge is -2.03. The van der Waals surface area contributed by atoms with E-state index in [4.69, 9.17) is 0 Å². The van der Waals surface area contributed by atoms with Crippen molar-refractivity contribution in [1.29, 1.82) is 0 Å². The van der Waals surface area contributed by atoms with E-state index in [1.807, 2.05) is 30.4 Å². The Labute approximate surface area is 78.1 Å². The molecule has 64 valence electrons. The van der Waals surface area contributed by atoms with Crippen LogP contribution in [0.4, 0.5) is 5.69 Å². The van der Waals surface area contributed by atoms with Crippen LogP contribution >= 0.6 is 0 Å². The van der Waals surface area contributed by atoms with Crippen molar-refractivity contribution < 1.29 is 0 Å². The fourth-order valence-electron chi connectivity index (χ4n) is 1.23. The highest BCUT2D eigenvalue weighted by molar-refractivity contribution is 5.45. The molecule has 0 saturated carbocycles. The maximum Gasteiger partial charge on any atom is 0.0473 e. The highest BCUT2D eigenvalue weighted by atomic mass is 14.9. The van der Waals surface area contributed by atoms with E-state index in [9.17, 15) is 0 Å². The summed E-state index contributed by atoms with van der Waals surface area (Å²) in [6, 6.07) is 10.2. The minimum absolute atomic E-state index is 0.844. The van der Waals surface area contributed by atoms with Gasteiger partial charge in [0, 0.05) is 17.8 Å². The lowest BCUT2D eigenvalue weighted by molar-refractivity contribution is 1.27. The van der Waals surface area contributed by atoms with Crippen LogP contribution in [0.2, 0.25) is 0 Å². The van der Waals surface area contributed by atoms with Gasteiger partial charge in [0.2, 0.25) is 0 Å². The lowest BCUT2D eigenvalue weighted by Crippen LogP contribution is -2.01. The molecule has 0 aromatic heterocycles. The molecule has 1 nitrogen and oxygen atoms in total. The molecule has 0 saturated heterocycles. The van der Waals surface area contributed by atoms with E-state index < -0.39 is 0 Å². The zero-order valence-electron chi connectivity index (χ0n) is 7.33. The molecule has 0 atom stereocenters. The number of hydrogen-bond acceptors (Lipinski definition) is 1. The third-order valence-electron chi connectivity index (χ3n) is 1.92. The Morgan fingerprint density at radius 1 is 1.15 bits per heavy atom.